The van der Waals surface area contributed by atoms with Gasteiger partial charge in [0.25, 0.3) is 0 Å². The highest BCUT2D eigenvalue weighted by Gasteiger charge is 2.23. The predicted octanol–water partition coefficient (Wildman–Crippen LogP) is 5.08. The van der Waals surface area contributed by atoms with Gasteiger partial charge in [-0.3, -0.25) is 4.79 Å². The van der Waals surface area contributed by atoms with E-state index in [1.54, 1.807) is 0 Å². The lowest BCUT2D eigenvalue weighted by molar-refractivity contribution is -0.111. The number of benzene rings is 2. The first-order valence-corrected chi connectivity index (χ1v) is 17.3. The highest BCUT2D eigenvalue weighted by molar-refractivity contribution is 7.90. The lowest BCUT2D eigenvalue weighted by Crippen LogP contribution is -2.44. The van der Waals surface area contributed by atoms with Crippen molar-refractivity contribution in [3.63, 3.8) is 0 Å². The molecule has 244 valence electrons. The fraction of sp³-hybridized carbons (Fsp3) is 0.394. The molecule has 0 saturated carbocycles. The molecule has 0 unspecified atom stereocenters. The molecule has 3 aromatic rings. The normalized spacial score (nSPS) is 13.7. The number of hydrogen-bond acceptors (Lipinski definition) is 11. The molecular formula is C33H42N8O4S. The van der Waals surface area contributed by atoms with Gasteiger partial charge < -0.3 is 30.5 Å². The van der Waals surface area contributed by atoms with Gasteiger partial charge in [0.2, 0.25) is 11.9 Å². The lowest BCUT2D eigenvalue weighted by atomic mass is 10.0. The van der Waals surface area contributed by atoms with Gasteiger partial charge >= 0.3 is 0 Å². The minimum absolute atomic E-state index is 0.0420. The van der Waals surface area contributed by atoms with Crippen molar-refractivity contribution in [3.8, 4) is 11.8 Å². The summed E-state index contributed by atoms with van der Waals surface area (Å²) in [6.07, 6.45) is 6.36. The second kappa shape index (κ2) is 15.6. The van der Waals surface area contributed by atoms with Crippen LogP contribution in [0.5, 0.6) is 5.75 Å². The van der Waals surface area contributed by atoms with Gasteiger partial charge in [0.15, 0.2) is 5.82 Å². The van der Waals surface area contributed by atoms with Gasteiger partial charge in [-0.05, 0) is 83.1 Å². The molecule has 1 aliphatic heterocycles. The Balaban J connectivity index is 1.50. The molecule has 2 aromatic carbocycles. The Morgan fingerprint density at radius 2 is 1.91 bits per heavy atom. The first-order chi connectivity index (χ1) is 22.0. The SMILES string of the molecule is C=CC(=O)Nc1cc(N2CCC(N(C)CCCS(C)(=O)=O)CC2)ccc1Nc1ncc(C#N)c(Nc2ccccc2OC(C)C)n1. The van der Waals surface area contributed by atoms with Crippen molar-refractivity contribution in [2.24, 2.45) is 0 Å². The molecule has 0 spiro atoms. The van der Waals surface area contributed by atoms with E-state index in [-0.39, 0.29) is 29.3 Å². The van der Waals surface area contributed by atoms with Crippen LogP contribution < -0.4 is 25.6 Å². The Hall–Kier alpha value is -4.67. The molecule has 1 fully saturated rings. The fourth-order valence-electron chi connectivity index (χ4n) is 5.24. The highest BCUT2D eigenvalue weighted by atomic mass is 32.2. The van der Waals surface area contributed by atoms with Gasteiger partial charge in [-0.1, -0.05) is 18.7 Å². The number of nitrogens with one attached hydrogen (secondary N) is 3. The highest BCUT2D eigenvalue weighted by Crippen LogP contribution is 2.33. The number of piperidine rings is 1. The van der Waals surface area contributed by atoms with Crippen molar-refractivity contribution >= 4 is 50.3 Å². The van der Waals surface area contributed by atoms with Crippen LogP contribution in [0.4, 0.5) is 34.5 Å². The fourth-order valence-corrected chi connectivity index (χ4v) is 5.90. The molecule has 1 amide bonds. The number of para-hydroxylation sites is 2. The van der Waals surface area contributed by atoms with Crippen LogP contribution in [-0.4, -0.2) is 80.0 Å². The summed E-state index contributed by atoms with van der Waals surface area (Å²) in [5.74, 6) is 0.992. The summed E-state index contributed by atoms with van der Waals surface area (Å²) in [5, 5.41) is 19.0. The molecule has 2 heterocycles. The predicted molar refractivity (Wildman–Crippen MR) is 183 cm³/mol. The summed E-state index contributed by atoms with van der Waals surface area (Å²) in [6.45, 7) is 9.83. The second-order valence-corrected chi connectivity index (χ2v) is 13.8. The third-order valence-corrected chi connectivity index (χ3v) is 8.61. The van der Waals surface area contributed by atoms with Crippen LogP contribution in [0.3, 0.4) is 0 Å². The van der Waals surface area contributed by atoms with Crippen LogP contribution in [0.15, 0.2) is 61.3 Å². The van der Waals surface area contributed by atoms with E-state index in [1.165, 1.54) is 18.5 Å². The van der Waals surface area contributed by atoms with Gasteiger partial charge in [0, 0.05) is 31.1 Å². The Morgan fingerprint density at radius 1 is 1.17 bits per heavy atom. The third-order valence-electron chi connectivity index (χ3n) is 7.58. The zero-order valence-corrected chi connectivity index (χ0v) is 27.6. The molecule has 1 aromatic heterocycles. The van der Waals surface area contributed by atoms with E-state index in [4.69, 9.17) is 4.74 Å². The van der Waals surface area contributed by atoms with Gasteiger partial charge in [-0.15, -0.1) is 0 Å². The van der Waals surface area contributed by atoms with Gasteiger partial charge in [-0.25, -0.2) is 13.4 Å². The lowest BCUT2D eigenvalue weighted by Gasteiger charge is -2.38. The summed E-state index contributed by atoms with van der Waals surface area (Å²) in [6, 6.07) is 15.7. The zero-order valence-electron chi connectivity index (χ0n) is 26.8. The monoisotopic (exact) mass is 646 g/mol. The van der Waals surface area contributed by atoms with Crippen molar-refractivity contribution in [1.82, 2.24) is 14.9 Å². The Labute approximate surface area is 271 Å². The maximum Gasteiger partial charge on any atom is 0.247 e. The molecule has 0 aliphatic carbocycles. The number of carbonyl (C=O) groups is 1. The largest absolute Gasteiger partial charge is 0.489 e. The number of nitrogens with zero attached hydrogens (tertiary/aromatic N) is 5. The number of ether oxygens (including phenoxy) is 1. The second-order valence-electron chi connectivity index (χ2n) is 11.6. The molecule has 0 radical (unpaired) electrons. The average molecular weight is 647 g/mol. The van der Waals surface area contributed by atoms with Crippen molar-refractivity contribution in [1.29, 1.82) is 5.26 Å². The van der Waals surface area contributed by atoms with Crippen LogP contribution in [-0.2, 0) is 14.6 Å². The van der Waals surface area contributed by atoms with Gasteiger partial charge in [0.05, 0.1) is 35.1 Å². The number of hydrogen-bond donors (Lipinski definition) is 3. The molecule has 1 aliphatic rings. The average Bonchev–Trinajstić information content (AvgIpc) is 3.02. The van der Waals surface area contributed by atoms with Crippen molar-refractivity contribution in [2.75, 3.05) is 59.5 Å². The van der Waals surface area contributed by atoms with Crippen LogP contribution in [0, 0.1) is 11.3 Å². The Bertz CT molecular complexity index is 1680. The smallest absolute Gasteiger partial charge is 0.247 e. The molecule has 46 heavy (non-hydrogen) atoms. The standard InChI is InChI=1S/C33H42N8O4S/c1-6-31(42)36-29-20-26(41-17-14-25(15-18-41)40(4)16-9-19-46(5,43)44)12-13-27(29)38-33-35-22-24(21-34)32(39-33)37-28-10-7-8-11-30(28)45-23(2)3/h6-8,10-13,20,22-23,25H,1,9,14-19H2,2-5H3,(H,36,42)(H2,35,37,38,39). The number of aromatic nitrogens is 2. The molecule has 3 N–H and O–H groups in total. The summed E-state index contributed by atoms with van der Waals surface area (Å²) in [5.41, 5.74) is 2.96. The van der Waals surface area contributed by atoms with Gasteiger partial charge in [-0.2, -0.15) is 10.2 Å². The van der Waals surface area contributed by atoms with E-state index in [9.17, 15) is 18.5 Å². The molecule has 0 atom stereocenters. The third kappa shape index (κ3) is 9.66. The van der Waals surface area contributed by atoms with Crippen LogP contribution >= 0.6 is 0 Å². The summed E-state index contributed by atoms with van der Waals surface area (Å²) in [4.78, 5) is 25.8. The van der Waals surface area contributed by atoms with E-state index < -0.39 is 9.84 Å². The first-order valence-electron chi connectivity index (χ1n) is 15.2. The number of anilines is 6. The summed E-state index contributed by atoms with van der Waals surface area (Å²) >= 11 is 0. The maximum absolute atomic E-state index is 12.4. The van der Waals surface area contributed by atoms with E-state index in [0.29, 0.717) is 41.1 Å². The van der Waals surface area contributed by atoms with E-state index >= 15 is 0 Å². The molecule has 12 nitrogen and oxygen atoms in total. The number of amides is 1. The van der Waals surface area contributed by atoms with E-state index in [1.807, 2.05) is 56.3 Å². The van der Waals surface area contributed by atoms with Crippen LogP contribution in [0.25, 0.3) is 0 Å². The van der Waals surface area contributed by atoms with Crippen LogP contribution in [0.2, 0.25) is 0 Å². The first kappa shape index (κ1) is 34.2. The van der Waals surface area contributed by atoms with Gasteiger partial charge in [0.1, 0.15) is 27.2 Å². The number of carbonyl (C=O) groups excluding carboxylic acids is 1. The van der Waals surface area contributed by atoms with Crippen molar-refractivity contribution in [2.45, 2.75) is 45.3 Å². The summed E-state index contributed by atoms with van der Waals surface area (Å²) in [7, 11) is -0.910. The van der Waals surface area contributed by atoms with Crippen molar-refractivity contribution < 1.29 is 17.9 Å². The molecule has 4 rings (SSSR count). The van der Waals surface area contributed by atoms with E-state index in [0.717, 1.165) is 38.2 Å². The maximum atomic E-state index is 12.4. The Kier molecular flexibility index (Phi) is 11.6. The molecule has 0 bridgehead atoms. The van der Waals surface area contributed by atoms with E-state index in [2.05, 4.69) is 55.4 Å². The molecular weight excluding hydrogens is 604 g/mol. The minimum Gasteiger partial charge on any atom is -0.489 e. The van der Waals surface area contributed by atoms with Crippen molar-refractivity contribution in [3.05, 3.63) is 66.9 Å². The summed E-state index contributed by atoms with van der Waals surface area (Å²) < 4.78 is 28.9. The molecule has 1 saturated heterocycles. The number of sulfone groups is 1. The number of nitriles is 1. The number of rotatable bonds is 14. The molecule has 13 heteroatoms. The Morgan fingerprint density at radius 3 is 2.59 bits per heavy atom. The zero-order chi connectivity index (χ0) is 33.3. The topological polar surface area (TPSA) is 153 Å². The van der Waals surface area contributed by atoms with Crippen LogP contribution in [0.1, 0.15) is 38.7 Å². The minimum atomic E-state index is -2.96. The quantitative estimate of drug-likeness (QED) is 0.201.